The molecule has 0 spiro atoms. The highest BCUT2D eigenvalue weighted by Crippen LogP contribution is 2.20. The van der Waals surface area contributed by atoms with Gasteiger partial charge in [-0.3, -0.25) is 0 Å². The molecule has 26 heavy (non-hydrogen) atoms. The number of rotatable bonds is 20. The van der Waals surface area contributed by atoms with E-state index in [1.54, 1.807) is 0 Å². The van der Waals surface area contributed by atoms with Gasteiger partial charge in [-0.25, -0.2) is 0 Å². The average molecular weight is 369 g/mol. The first-order valence-electron chi connectivity index (χ1n) is 12.3. The molecule has 0 saturated heterocycles. The van der Waals surface area contributed by atoms with Crippen LogP contribution >= 0.6 is 0 Å². The molecule has 0 aromatic rings. The average Bonchev–Trinajstić information content (AvgIpc) is 2.59. The van der Waals surface area contributed by atoms with Crippen molar-refractivity contribution in [2.45, 2.75) is 142 Å². The van der Waals surface area contributed by atoms with Gasteiger partial charge in [-0.05, 0) is 25.7 Å². The van der Waals surface area contributed by atoms with Crippen LogP contribution in [-0.2, 0) is 0 Å². The first-order valence-corrected chi connectivity index (χ1v) is 12.3. The van der Waals surface area contributed by atoms with Crippen molar-refractivity contribution >= 4 is 0 Å². The van der Waals surface area contributed by atoms with Crippen LogP contribution in [0.15, 0.2) is 0 Å². The fraction of sp³-hybridized carbons (Fsp3) is 1.00. The van der Waals surface area contributed by atoms with Crippen LogP contribution in [0.4, 0.5) is 0 Å². The van der Waals surface area contributed by atoms with Crippen molar-refractivity contribution in [3.8, 4) is 0 Å². The summed E-state index contributed by atoms with van der Waals surface area (Å²) >= 11 is 0. The Hall–Kier alpha value is -0.0400. The van der Waals surface area contributed by atoms with Gasteiger partial charge in [-0.2, -0.15) is 0 Å². The maximum absolute atomic E-state index is 2.40. The Labute approximate surface area is 167 Å². The van der Waals surface area contributed by atoms with Crippen molar-refractivity contribution in [2.75, 3.05) is 21.1 Å². The maximum atomic E-state index is 2.40. The lowest BCUT2D eigenvalue weighted by molar-refractivity contribution is -0.896. The van der Waals surface area contributed by atoms with Crippen LogP contribution in [-0.4, -0.2) is 31.7 Å². The summed E-state index contributed by atoms with van der Waals surface area (Å²) < 4.78 is 1.16. The topological polar surface area (TPSA) is 0 Å². The number of nitrogens with zero attached hydrogens (tertiary/aromatic N) is 1. The molecule has 0 bridgehead atoms. The first-order chi connectivity index (χ1) is 12.5. The zero-order valence-corrected chi connectivity index (χ0v) is 19.5. The standard InChI is InChI=1S/C25H54N/c1-6-8-10-12-13-14-15-16-17-18-20-22-24-25(26(3,4)5)23-21-19-11-9-7-2/h25H,6-24H2,1-5H3/q+1. The third-order valence-electron chi connectivity index (χ3n) is 6.13. The van der Waals surface area contributed by atoms with Crippen molar-refractivity contribution in [3.05, 3.63) is 0 Å². The lowest BCUT2D eigenvalue weighted by Gasteiger charge is -2.34. The van der Waals surface area contributed by atoms with Crippen LogP contribution < -0.4 is 0 Å². The fourth-order valence-electron chi connectivity index (χ4n) is 4.12. The van der Waals surface area contributed by atoms with Gasteiger partial charge in [-0.15, -0.1) is 0 Å². The smallest absolute Gasteiger partial charge is 0.0884 e. The molecule has 0 aromatic heterocycles. The van der Waals surface area contributed by atoms with E-state index in [1.165, 1.54) is 122 Å². The molecule has 0 heterocycles. The second kappa shape index (κ2) is 18.3. The number of quaternary nitrogens is 1. The van der Waals surface area contributed by atoms with E-state index in [0.29, 0.717) is 0 Å². The Morgan fingerprint density at radius 2 is 0.692 bits per heavy atom. The molecular weight excluding hydrogens is 314 g/mol. The minimum atomic E-state index is 0.875. The molecule has 0 rings (SSSR count). The Balaban J connectivity index is 3.55. The fourth-order valence-corrected chi connectivity index (χ4v) is 4.12. The molecule has 1 unspecified atom stereocenters. The number of hydrogen-bond donors (Lipinski definition) is 0. The van der Waals surface area contributed by atoms with Crippen molar-refractivity contribution in [1.29, 1.82) is 0 Å². The molecule has 0 fully saturated rings. The third kappa shape index (κ3) is 17.4. The molecule has 0 aliphatic rings. The molecule has 1 heteroatoms. The Morgan fingerprint density at radius 1 is 0.423 bits per heavy atom. The van der Waals surface area contributed by atoms with Gasteiger partial charge in [0.25, 0.3) is 0 Å². The Morgan fingerprint density at radius 3 is 0.962 bits per heavy atom. The minimum absolute atomic E-state index is 0.875. The highest BCUT2D eigenvalue weighted by atomic mass is 15.3. The van der Waals surface area contributed by atoms with Gasteiger partial charge >= 0.3 is 0 Å². The summed E-state index contributed by atoms with van der Waals surface area (Å²) in [5, 5.41) is 0. The van der Waals surface area contributed by atoms with Crippen LogP contribution in [0.3, 0.4) is 0 Å². The quantitative estimate of drug-likeness (QED) is 0.149. The van der Waals surface area contributed by atoms with Gasteiger partial charge in [0.15, 0.2) is 0 Å². The molecule has 0 aliphatic carbocycles. The monoisotopic (exact) mass is 368 g/mol. The summed E-state index contributed by atoms with van der Waals surface area (Å²) in [6.45, 7) is 4.61. The van der Waals surface area contributed by atoms with Gasteiger partial charge in [0.2, 0.25) is 0 Å². The second-order valence-corrected chi connectivity index (χ2v) is 9.65. The van der Waals surface area contributed by atoms with E-state index in [2.05, 4.69) is 35.0 Å². The predicted molar refractivity (Wildman–Crippen MR) is 121 cm³/mol. The minimum Gasteiger partial charge on any atom is -0.328 e. The molecule has 0 aliphatic heterocycles. The van der Waals surface area contributed by atoms with Gasteiger partial charge < -0.3 is 4.48 Å². The molecular formula is C25H54N+. The summed E-state index contributed by atoms with van der Waals surface area (Å²) in [6.07, 6.45) is 27.5. The van der Waals surface area contributed by atoms with Crippen molar-refractivity contribution in [2.24, 2.45) is 0 Å². The lowest BCUT2D eigenvalue weighted by Crippen LogP contribution is -2.45. The summed E-state index contributed by atoms with van der Waals surface area (Å²) in [5.74, 6) is 0. The molecule has 1 nitrogen and oxygen atoms in total. The molecule has 1 atom stereocenters. The highest BCUT2D eigenvalue weighted by Gasteiger charge is 2.22. The largest absolute Gasteiger partial charge is 0.328 e. The number of hydrogen-bond acceptors (Lipinski definition) is 0. The van der Waals surface area contributed by atoms with Crippen LogP contribution in [0.1, 0.15) is 136 Å². The molecule has 0 radical (unpaired) electrons. The maximum Gasteiger partial charge on any atom is 0.0884 e. The van der Waals surface area contributed by atoms with E-state index in [0.717, 1.165) is 10.5 Å². The Kier molecular flexibility index (Phi) is 18.3. The van der Waals surface area contributed by atoms with Crippen molar-refractivity contribution in [1.82, 2.24) is 0 Å². The van der Waals surface area contributed by atoms with Gasteiger partial charge in [0.1, 0.15) is 0 Å². The second-order valence-electron chi connectivity index (χ2n) is 9.65. The molecule has 0 amide bonds. The summed E-state index contributed by atoms with van der Waals surface area (Å²) in [5.41, 5.74) is 0. The summed E-state index contributed by atoms with van der Waals surface area (Å²) in [6, 6.07) is 0.875. The summed E-state index contributed by atoms with van der Waals surface area (Å²) in [7, 11) is 7.20. The van der Waals surface area contributed by atoms with Gasteiger partial charge in [0, 0.05) is 0 Å². The molecule has 158 valence electrons. The van der Waals surface area contributed by atoms with E-state index in [9.17, 15) is 0 Å². The van der Waals surface area contributed by atoms with E-state index < -0.39 is 0 Å². The Bertz CT molecular complexity index is 266. The van der Waals surface area contributed by atoms with Crippen LogP contribution in [0.5, 0.6) is 0 Å². The van der Waals surface area contributed by atoms with E-state index in [4.69, 9.17) is 0 Å². The van der Waals surface area contributed by atoms with Crippen LogP contribution in [0.25, 0.3) is 0 Å². The van der Waals surface area contributed by atoms with E-state index in [1.807, 2.05) is 0 Å². The predicted octanol–water partition coefficient (Wildman–Crippen LogP) is 8.51. The molecule has 0 saturated carbocycles. The van der Waals surface area contributed by atoms with E-state index >= 15 is 0 Å². The van der Waals surface area contributed by atoms with Crippen molar-refractivity contribution < 1.29 is 4.48 Å². The molecule has 0 N–H and O–H groups in total. The van der Waals surface area contributed by atoms with Crippen molar-refractivity contribution in [3.63, 3.8) is 0 Å². The zero-order chi connectivity index (χ0) is 19.5. The number of unbranched alkanes of at least 4 members (excludes halogenated alkanes) is 15. The first kappa shape index (κ1) is 26.0. The van der Waals surface area contributed by atoms with E-state index in [-0.39, 0.29) is 0 Å². The van der Waals surface area contributed by atoms with Gasteiger partial charge in [-0.1, -0.05) is 110 Å². The van der Waals surface area contributed by atoms with Crippen LogP contribution in [0.2, 0.25) is 0 Å². The lowest BCUT2D eigenvalue weighted by atomic mass is 9.98. The molecule has 0 aromatic carbocycles. The zero-order valence-electron chi connectivity index (χ0n) is 19.5. The highest BCUT2D eigenvalue weighted by molar-refractivity contribution is 4.60. The summed E-state index contributed by atoms with van der Waals surface area (Å²) in [4.78, 5) is 0. The third-order valence-corrected chi connectivity index (χ3v) is 6.13. The normalized spacial score (nSPS) is 13.3. The SMILES string of the molecule is CCCCCCCCCCCCCCC(CCCCCCC)[N+](C)(C)C. The van der Waals surface area contributed by atoms with Gasteiger partial charge in [0.05, 0.1) is 27.2 Å². The van der Waals surface area contributed by atoms with Crippen LogP contribution in [0, 0.1) is 0 Å².